The largest absolute Gasteiger partial charge is 0.497 e. The quantitative estimate of drug-likeness (QED) is 0.0241. The van der Waals surface area contributed by atoms with Crippen LogP contribution in [0.4, 0.5) is 0 Å². The first-order chi connectivity index (χ1) is 54.6. The molecular formula is C97H118ClN7O7P2. The van der Waals surface area contributed by atoms with Crippen molar-refractivity contribution in [2.24, 2.45) is 5.41 Å². The molecule has 0 radical (unpaired) electrons. The Labute approximate surface area is 688 Å². The molecule has 2 heterocycles. The average molecular weight is 1590 g/mol. The number of methoxy groups -OCH3 is 3. The summed E-state index contributed by atoms with van der Waals surface area (Å²) in [5.41, 5.74) is 11.7. The summed E-state index contributed by atoms with van der Waals surface area (Å²) in [5.74, 6) is 2.54. The van der Waals surface area contributed by atoms with Gasteiger partial charge in [-0.05, 0) is 195 Å². The van der Waals surface area contributed by atoms with E-state index >= 15 is 0 Å². The summed E-state index contributed by atoms with van der Waals surface area (Å²) in [6, 6.07) is 101. The molecule has 0 amide bonds. The van der Waals surface area contributed by atoms with Gasteiger partial charge in [0.05, 0.1) is 72.2 Å². The lowest BCUT2D eigenvalue weighted by atomic mass is 9.56. The Morgan fingerprint density at radius 1 is 0.395 bits per heavy atom. The zero-order valence-corrected chi connectivity index (χ0v) is 71.0. The van der Waals surface area contributed by atoms with Gasteiger partial charge in [-0.2, -0.15) is 15.8 Å². The van der Waals surface area contributed by atoms with Gasteiger partial charge in [0, 0.05) is 67.9 Å². The van der Waals surface area contributed by atoms with Gasteiger partial charge < -0.3 is 42.0 Å². The van der Waals surface area contributed by atoms with Gasteiger partial charge in [0.1, 0.15) is 28.3 Å². The van der Waals surface area contributed by atoms with Crippen LogP contribution in [0.2, 0.25) is 0 Å². The monoisotopic (exact) mass is 1590 g/mol. The number of hydrogen-bond acceptors (Lipinski definition) is 12. The van der Waals surface area contributed by atoms with Crippen molar-refractivity contribution in [1.29, 1.82) is 15.8 Å². The summed E-state index contributed by atoms with van der Waals surface area (Å²) in [7, 11) is 2.73. The highest BCUT2D eigenvalue weighted by atomic mass is 35.7. The first-order valence-corrected chi connectivity index (χ1v) is 41.9. The molecule has 9 aromatic carbocycles. The summed E-state index contributed by atoms with van der Waals surface area (Å²) in [6.45, 7) is 26.8. The molecule has 114 heavy (non-hydrogen) atoms. The molecule has 2 unspecified atom stereocenters. The molecule has 17 heteroatoms. The van der Waals surface area contributed by atoms with Crippen LogP contribution >= 0.6 is 27.4 Å². The minimum atomic E-state index is -1.28. The Morgan fingerprint density at radius 3 is 0.956 bits per heavy atom. The van der Waals surface area contributed by atoms with Crippen LogP contribution in [-0.2, 0) is 42.9 Å². The van der Waals surface area contributed by atoms with Crippen molar-refractivity contribution in [2.45, 2.75) is 157 Å². The van der Waals surface area contributed by atoms with Crippen molar-refractivity contribution >= 4 is 27.4 Å². The van der Waals surface area contributed by atoms with Crippen molar-refractivity contribution in [3.63, 3.8) is 0 Å². The van der Waals surface area contributed by atoms with E-state index in [-0.39, 0.29) is 36.9 Å². The molecule has 11 rings (SSSR count). The summed E-state index contributed by atoms with van der Waals surface area (Å²) in [4.78, 5) is 0. The molecule has 0 aliphatic heterocycles. The molecule has 0 aliphatic rings. The number of aromatic nitrogens is 2. The molecule has 0 saturated heterocycles. The van der Waals surface area contributed by atoms with E-state index < -0.39 is 27.3 Å². The number of halogens is 1. The van der Waals surface area contributed by atoms with E-state index in [9.17, 15) is 5.11 Å². The zero-order chi connectivity index (χ0) is 81.8. The lowest BCUT2D eigenvalue weighted by Crippen LogP contribution is -2.42. The Bertz CT molecular complexity index is 4470. The Morgan fingerprint density at radius 2 is 0.667 bits per heavy atom. The topological polar surface area (TPSA) is 163 Å². The van der Waals surface area contributed by atoms with Crippen molar-refractivity contribution in [1.82, 2.24) is 18.5 Å². The molecule has 0 fully saturated rings. The minimum Gasteiger partial charge on any atom is -0.497 e. The SMILES string of the molecule is C.CC#N.CC(C)N(C(C)C)P(Cl)OCCC#N.COc1ccc(C(c2ccccc2)(c2ccccc2)C(C)(C)C)cc1.COc1ccc(C(c2ccccc2)(c2ccccc2)n2ccc(CCO)c2)cc1.COc1ccc(C(c2ccccc2)(c2ccccc2)n2ccc(CCOP(OCCC#N)N(C(C)C)C(C)C)c2)cc1. The smallest absolute Gasteiger partial charge is 0.259 e. The highest BCUT2D eigenvalue weighted by Gasteiger charge is 2.47. The second-order valence-corrected chi connectivity index (χ2v) is 32.5. The van der Waals surface area contributed by atoms with Crippen LogP contribution < -0.4 is 14.2 Å². The summed E-state index contributed by atoms with van der Waals surface area (Å²) in [5, 5.41) is 34.1. The number of aliphatic hydroxyl groups excluding tert-OH is 1. The maximum Gasteiger partial charge on any atom is 0.259 e. The number of aliphatic hydroxyl groups is 1. The van der Waals surface area contributed by atoms with Crippen LogP contribution in [-0.4, -0.2) is 95.5 Å². The third-order valence-corrected chi connectivity index (χ3v) is 24.0. The molecule has 0 saturated carbocycles. The van der Waals surface area contributed by atoms with Crippen molar-refractivity contribution in [3.8, 4) is 35.5 Å². The number of nitrogens with zero attached hydrogens (tertiary/aromatic N) is 7. The van der Waals surface area contributed by atoms with E-state index in [1.165, 1.54) is 51.4 Å². The number of nitriles is 3. The predicted molar refractivity (Wildman–Crippen MR) is 471 cm³/mol. The molecule has 0 spiro atoms. The number of benzene rings is 9. The fourth-order valence-electron chi connectivity index (χ4n) is 14.8. The van der Waals surface area contributed by atoms with E-state index in [1.807, 2.05) is 42.5 Å². The van der Waals surface area contributed by atoms with Gasteiger partial charge in [-0.3, -0.25) is 0 Å². The normalized spacial score (nSPS) is 11.9. The van der Waals surface area contributed by atoms with Crippen LogP contribution in [0.5, 0.6) is 17.2 Å². The van der Waals surface area contributed by atoms with Gasteiger partial charge in [0.25, 0.3) is 8.53 Å². The zero-order valence-electron chi connectivity index (χ0n) is 68.5. The fourth-order valence-corrected chi connectivity index (χ4v) is 18.7. The van der Waals surface area contributed by atoms with Gasteiger partial charge in [-0.15, -0.1) is 0 Å². The lowest BCUT2D eigenvalue weighted by Gasteiger charge is -2.47. The summed E-state index contributed by atoms with van der Waals surface area (Å²) in [6.07, 6.45) is 10.8. The van der Waals surface area contributed by atoms with Gasteiger partial charge in [-0.25, -0.2) is 9.34 Å². The lowest BCUT2D eigenvalue weighted by molar-refractivity contribution is 0.177. The molecule has 2 atom stereocenters. The number of hydrogen-bond donors (Lipinski definition) is 1. The van der Waals surface area contributed by atoms with Crippen molar-refractivity contribution < 1.29 is 32.9 Å². The minimum absolute atomic E-state index is 0. The van der Waals surface area contributed by atoms with Gasteiger partial charge in [0.2, 0.25) is 7.65 Å². The molecule has 1 N–H and O–H groups in total. The van der Waals surface area contributed by atoms with Crippen LogP contribution in [0, 0.1) is 39.4 Å². The van der Waals surface area contributed by atoms with Crippen LogP contribution in [0.25, 0.3) is 0 Å². The summed E-state index contributed by atoms with van der Waals surface area (Å²) >= 11 is 6.13. The highest BCUT2D eigenvalue weighted by molar-refractivity contribution is 7.78. The van der Waals surface area contributed by atoms with E-state index in [2.05, 4.69) is 356 Å². The second-order valence-electron chi connectivity index (χ2n) is 29.0. The summed E-state index contributed by atoms with van der Waals surface area (Å²) < 4.78 is 43.1. The van der Waals surface area contributed by atoms with Gasteiger partial charge in [0.15, 0.2) is 0 Å². The van der Waals surface area contributed by atoms with E-state index in [0.717, 1.165) is 40.4 Å². The van der Waals surface area contributed by atoms with E-state index in [4.69, 9.17) is 54.8 Å². The molecule has 11 aromatic rings. The van der Waals surface area contributed by atoms with E-state index in [1.54, 1.807) is 27.4 Å². The van der Waals surface area contributed by atoms with Crippen LogP contribution in [0.15, 0.2) is 292 Å². The molecular weight excluding hydrogens is 1470 g/mol. The van der Waals surface area contributed by atoms with Crippen molar-refractivity contribution in [2.75, 3.05) is 47.8 Å². The average Bonchev–Trinajstić information content (AvgIpc) is 1.06. The molecule has 2 aromatic heterocycles. The number of ether oxygens (including phenoxy) is 3. The predicted octanol–water partition coefficient (Wildman–Crippen LogP) is 23.8. The molecule has 600 valence electrons. The van der Waals surface area contributed by atoms with Gasteiger partial charge in [-0.1, -0.05) is 247 Å². The maximum atomic E-state index is 9.42. The Hall–Kier alpha value is -9.68. The second kappa shape index (κ2) is 47.2. The maximum absolute atomic E-state index is 9.42. The molecule has 0 bridgehead atoms. The first kappa shape index (κ1) is 93.2. The third kappa shape index (κ3) is 23.7. The third-order valence-electron chi connectivity index (χ3n) is 19.4. The highest BCUT2D eigenvalue weighted by Crippen LogP contribution is 2.53. The Kier molecular flexibility index (Phi) is 38.6. The van der Waals surface area contributed by atoms with Gasteiger partial charge >= 0.3 is 0 Å². The van der Waals surface area contributed by atoms with Crippen LogP contribution in [0.1, 0.15) is 165 Å². The molecule has 14 nitrogen and oxygen atoms in total. The van der Waals surface area contributed by atoms with Crippen molar-refractivity contribution in [3.05, 3.63) is 353 Å². The molecule has 0 aliphatic carbocycles. The Balaban J connectivity index is 0.000000247. The van der Waals surface area contributed by atoms with Crippen LogP contribution in [0.3, 0.4) is 0 Å². The standard InChI is InChI=1S/C35H42N3O3P.C26H25NO2.C24H26O.C9H18ClN2OP.C2H3N.CH4/c1-28(2)38(29(3)4)42(40-25-12-23-36)41-26-22-30-21-24-37(27-30)35(31-13-8-6-9-14-31,32-15-10-7-11-16-32)33-17-19-34(39-5)20-18-33;1-29-25-14-12-24(13-15-25)26(22-8-4-2-5-9-22,23-10-6-3-7-11-23)27-18-16-21(20-27)17-19-28;1-23(2,3)24(19-11-7-5-8-12-19,20-13-9-6-10-14-20)21-15-17-22(25-4)18-16-21;1-8(2)12(9(3)4)14(10)13-7-5-6-11;1-2-3;/h6-11,13-21,24,27-29H,12,22,25-26H2,1-5H3;2-16,18,20,28H,17,19H2,1H3;5-18H,1-4H3;8-9H,5,7H2,1-4H3;1H3;1H4. The number of rotatable bonds is 32. The fraction of sp³-hybridized carbons (Fsp3) is 0.330. The first-order valence-electron chi connectivity index (χ1n) is 38.6. The van der Waals surface area contributed by atoms with E-state index in [0.29, 0.717) is 51.2 Å².